The molecule has 0 radical (unpaired) electrons. The van der Waals surface area contributed by atoms with Crippen LogP contribution < -0.4 is 0 Å². The Balaban J connectivity index is 0.00000176. The van der Waals surface area contributed by atoms with Crippen molar-refractivity contribution in [3.8, 4) is 0 Å². The maximum atomic E-state index is 5.93. The van der Waals surface area contributed by atoms with Crippen LogP contribution in [-0.2, 0) is 13.1 Å². The molecule has 3 heteroatoms. The van der Waals surface area contributed by atoms with E-state index in [4.69, 9.17) is 11.6 Å². The lowest BCUT2D eigenvalue weighted by Gasteiger charge is -2.18. The SMILES string of the molecule is CN(Cc1ccc(Cl)cc1)Cc1cccc2ccccc12.Cl. The van der Waals surface area contributed by atoms with Gasteiger partial charge in [0, 0.05) is 18.1 Å². The van der Waals surface area contributed by atoms with Crippen molar-refractivity contribution in [1.29, 1.82) is 0 Å². The third-order valence-electron chi connectivity index (χ3n) is 3.69. The highest BCUT2D eigenvalue weighted by molar-refractivity contribution is 6.30. The van der Waals surface area contributed by atoms with Gasteiger partial charge in [-0.05, 0) is 41.1 Å². The van der Waals surface area contributed by atoms with E-state index in [-0.39, 0.29) is 12.4 Å². The molecule has 1 nitrogen and oxygen atoms in total. The van der Waals surface area contributed by atoms with Crippen LogP contribution in [0.15, 0.2) is 66.7 Å². The van der Waals surface area contributed by atoms with Gasteiger partial charge in [0.2, 0.25) is 0 Å². The van der Waals surface area contributed by atoms with Crippen molar-refractivity contribution in [3.05, 3.63) is 82.9 Å². The molecule has 0 saturated carbocycles. The first-order valence-corrected chi connectivity index (χ1v) is 7.50. The van der Waals surface area contributed by atoms with Crippen molar-refractivity contribution in [2.45, 2.75) is 13.1 Å². The molecule has 0 amide bonds. The molecule has 0 N–H and O–H groups in total. The van der Waals surface area contributed by atoms with Gasteiger partial charge in [0.25, 0.3) is 0 Å². The summed E-state index contributed by atoms with van der Waals surface area (Å²) in [5.41, 5.74) is 2.65. The van der Waals surface area contributed by atoms with Crippen molar-refractivity contribution in [2.24, 2.45) is 0 Å². The van der Waals surface area contributed by atoms with Gasteiger partial charge in [-0.3, -0.25) is 4.90 Å². The van der Waals surface area contributed by atoms with Crippen molar-refractivity contribution in [3.63, 3.8) is 0 Å². The molecule has 0 unspecified atom stereocenters. The van der Waals surface area contributed by atoms with Gasteiger partial charge < -0.3 is 0 Å². The molecule has 0 aromatic heterocycles. The highest BCUT2D eigenvalue weighted by atomic mass is 35.5. The second kappa shape index (κ2) is 7.64. The summed E-state index contributed by atoms with van der Waals surface area (Å²) in [6.45, 7) is 1.85. The Morgan fingerprint density at radius 3 is 2.27 bits per heavy atom. The van der Waals surface area contributed by atoms with Crippen molar-refractivity contribution in [2.75, 3.05) is 7.05 Å². The predicted molar refractivity (Wildman–Crippen MR) is 97.8 cm³/mol. The van der Waals surface area contributed by atoms with Crippen molar-refractivity contribution in [1.82, 2.24) is 4.90 Å². The Morgan fingerprint density at radius 2 is 1.50 bits per heavy atom. The van der Waals surface area contributed by atoms with E-state index in [1.807, 2.05) is 12.1 Å². The number of hydrogen-bond donors (Lipinski definition) is 0. The Kier molecular flexibility index (Phi) is 5.84. The Labute approximate surface area is 142 Å². The largest absolute Gasteiger partial charge is 0.298 e. The minimum absolute atomic E-state index is 0. The molecule has 0 aliphatic rings. The maximum Gasteiger partial charge on any atom is 0.0406 e. The van der Waals surface area contributed by atoms with Crippen LogP contribution in [0.5, 0.6) is 0 Å². The molecule has 0 bridgehead atoms. The van der Waals surface area contributed by atoms with Gasteiger partial charge in [-0.25, -0.2) is 0 Å². The van der Waals surface area contributed by atoms with Gasteiger partial charge in [-0.2, -0.15) is 0 Å². The minimum Gasteiger partial charge on any atom is -0.298 e. The second-order valence-electron chi connectivity index (χ2n) is 5.44. The van der Waals surface area contributed by atoms with E-state index in [9.17, 15) is 0 Å². The van der Waals surface area contributed by atoms with Gasteiger partial charge in [-0.15, -0.1) is 12.4 Å². The summed E-state index contributed by atoms with van der Waals surface area (Å²) in [6, 6.07) is 23.1. The summed E-state index contributed by atoms with van der Waals surface area (Å²) in [7, 11) is 2.15. The first-order valence-electron chi connectivity index (χ1n) is 7.12. The second-order valence-corrected chi connectivity index (χ2v) is 5.87. The molecule has 3 aromatic carbocycles. The van der Waals surface area contributed by atoms with Crippen LogP contribution in [0, 0.1) is 0 Å². The number of halogens is 2. The number of nitrogens with zero attached hydrogens (tertiary/aromatic N) is 1. The maximum absolute atomic E-state index is 5.93. The van der Waals surface area contributed by atoms with Crippen molar-refractivity contribution < 1.29 is 0 Å². The van der Waals surface area contributed by atoms with E-state index in [2.05, 4.69) is 66.5 Å². The van der Waals surface area contributed by atoms with Crippen LogP contribution in [0.25, 0.3) is 10.8 Å². The standard InChI is InChI=1S/C19H18ClN.ClH/c1-21(13-15-9-11-18(20)12-10-15)14-17-7-4-6-16-5-2-3-8-19(16)17;/h2-12H,13-14H2,1H3;1H. The fourth-order valence-corrected chi connectivity index (χ4v) is 2.80. The van der Waals surface area contributed by atoms with Gasteiger partial charge in [0.15, 0.2) is 0 Å². The van der Waals surface area contributed by atoms with Crippen LogP contribution >= 0.6 is 24.0 Å². The summed E-state index contributed by atoms with van der Waals surface area (Å²) >= 11 is 5.93. The van der Waals surface area contributed by atoms with Gasteiger partial charge in [-0.1, -0.05) is 66.2 Å². The first-order chi connectivity index (χ1) is 10.2. The lowest BCUT2D eigenvalue weighted by atomic mass is 10.0. The van der Waals surface area contributed by atoms with Gasteiger partial charge >= 0.3 is 0 Å². The normalized spacial score (nSPS) is 10.7. The number of rotatable bonds is 4. The van der Waals surface area contributed by atoms with E-state index in [1.54, 1.807) is 0 Å². The lowest BCUT2D eigenvalue weighted by Crippen LogP contribution is -2.17. The molecule has 22 heavy (non-hydrogen) atoms. The van der Waals surface area contributed by atoms with Gasteiger partial charge in [0.1, 0.15) is 0 Å². The molecule has 0 aliphatic heterocycles. The molecule has 0 fully saturated rings. The number of benzene rings is 3. The summed E-state index contributed by atoms with van der Waals surface area (Å²) < 4.78 is 0. The zero-order chi connectivity index (χ0) is 14.7. The van der Waals surface area contributed by atoms with Gasteiger partial charge in [0.05, 0.1) is 0 Å². The fourth-order valence-electron chi connectivity index (χ4n) is 2.68. The Morgan fingerprint density at radius 1 is 0.818 bits per heavy atom. The third kappa shape index (κ3) is 4.01. The van der Waals surface area contributed by atoms with Crippen molar-refractivity contribution >= 4 is 34.8 Å². The monoisotopic (exact) mass is 331 g/mol. The third-order valence-corrected chi connectivity index (χ3v) is 3.94. The highest BCUT2D eigenvalue weighted by Gasteiger charge is 2.05. The molecular weight excluding hydrogens is 313 g/mol. The average molecular weight is 332 g/mol. The molecular formula is C19H19Cl2N. The molecule has 0 heterocycles. The Hall–Kier alpha value is -1.54. The molecule has 0 atom stereocenters. The molecule has 114 valence electrons. The van der Waals surface area contributed by atoms with Crippen LogP contribution in [0.3, 0.4) is 0 Å². The molecule has 0 aliphatic carbocycles. The van der Waals surface area contributed by atoms with Crippen LogP contribution in [-0.4, -0.2) is 11.9 Å². The van der Waals surface area contributed by atoms with Crippen LogP contribution in [0.1, 0.15) is 11.1 Å². The molecule has 0 spiro atoms. The first kappa shape index (κ1) is 16.8. The van der Waals surface area contributed by atoms with E-state index >= 15 is 0 Å². The van der Waals surface area contributed by atoms with E-state index in [0.717, 1.165) is 18.1 Å². The zero-order valence-electron chi connectivity index (χ0n) is 12.5. The number of fused-ring (bicyclic) bond motifs is 1. The summed E-state index contributed by atoms with van der Waals surface area (Å²) in [6.07, 6.45) is 0. The fraction of sp³-hybridized carbons (Fsp3) is 0.158. The number of hydrogen-bond acceptors (Lipinski definition) is 1. The lowest BCUT2D eigenvalue weighted by molar-refractivity contribution is 0.320. The zero-order valence-corrected chi connectivity index (χ0v) is 14.1. The van der Waals surface area contributed by atoms with Crippen LogP contribution in [0.2, 0.25) is 5.02 Å². The highest BCUT2D eigenvalue weighted by Crippen LogP contribution is 2.20. The summed E-state index contributed by atoms with van der Waals surface area (Å²) in [5, 5.41) is 3.42. The molecule has 0 saturated heterocycles. The molecule has 3 rings (SSSR count). The summed E-state index contributed by atoms with van der Waals surface area (Å²) in [5.74, 6) is 0. The Bertz CT molecular complexity index is 733. The predicted octanol–water partition coefficient (Wildman–Crippen LogP) is 5.55. The average Bonchev–Trinajstić information content (AvgIpc) is 2.50. The van der Waals surface area contributed by atoms with Crippen LogP contribution in [0.4, 0.5) is 0 Å². The summed E-state index contributed by atoms with van der Waals surface area (Å²) in [4.78, 5) is 2.32. The molecule has 3 aromatic rings. The van der Waals surface area contributed by atoms with E-state index < -0.39 is 0 Å². The van der Waals surface area contributed by atoms with E-state index in [0.29, 0.717) is 0 Å². The minimum atomic E-state index is 0. The quantitative estimate of drug-likeness (QED) is 0.606. The van der Waals surface area contributed by atoms with E-state index in [1.165, 1.54) is 21.9 Å². The smallest absolute Gasteiger partial charge is 0.0406 e. The topological polar surface area (TPSA) is 3.24 Å².